The van der Waals surface area contributed by atoms with Crippen LogP contribution in [0.25, 0.3) is 0 Å². The number of aliphatic carboxylic acids is 1. The Morgan fingerprint density at radius 1 is 1.35 bits per heavy atom. The molecule has 17 heavy (non-hydrogen) atoms. The van der Waals surface area contributed by atoms with Gasteiger partial charge < -0.3 is 14.8 Å². The van der Waals surface area contributed by atoms with E-state index in [1.165, 1.54) is 0 Å². The highest BCUT2D eigenvalue weighted by molar-refractivity contribution is 6.04. The van der Waals surface area contributed by atoms with Crippen molar-refractivity contribution in [1.29, 1.82) is 0 Å². The number of nitrogens with zero attached hydrogens (tertiary/aromatic N) is 2. The van der Waals surface area contributed by atoms with Gasteiger partial charge in [0.1, 0.15) is 0 Å². The molecule has 88 valence electrons. The monoisotopic (exact) mass is 230 g/mol. The van der Waals surface area contributed by atoms with Gasteiger partial charge in [-0.3, -0.25) is 4.79 Å². The van der Waals surface area contributed by atoms with Crippen molar-refractivity contribution in [3.8, 4) is 0 Å². The van der Waals surface area contributed by atoms with Gasteiger partial charge in [0, 0.05) is 31.4 Å². The second-order valence-electron chi connectivity index (χ2n) is 4.27. The molecule has 0 aromatic heterocycles. The van der Waals surface area contributed by atoms with Crippen molar-refractivity contribution in [1.82, 2.24) is 4.81 Å². The quantitative estimate of drug-likeness (QED) is 0.777. The second-order valence-corrected chi connectivity index (χ2v) is 4.27. The molecular formula is C12H15BN2O2. The van der Waals surface area contributed by atoms with E-state index >= 15 is 0 Å². The first-order chi connectivity index (χ1) is 8.16. The normalized spacial score (nSPS) is 21.4. The molecule has 5 heteroatoms. The molecule has 4 nitrogen and oxygen atoms in total. The van der Waals surface area contributed by atoms with E-state index in [0.717, 1.165) is 12.2 Å². The van der Waals surface area contributed by atoms with Gasteiger partial charge in [0.15, 0.2) is 7.98 Å². The summed E-state index contributed by atoms with van der Waals surface area (Å²) in [5.74, 6) is -0.805. The van der Waals surface area contributed by atoms with Crippen molar-refractivity contribution in [2.75, 3.05) is 24.5 Å². The molecule has 0 spiro atoms. The molecule has 1 saturated heterocycles. The average molecular weight is 230 g/mol. The molecule has 1 atom stereocenters. The minimum Gasteiger partial charge on any atom is -0.481 e. The highest BCUT2D eigenvalue weighted by atomic mass is 16.4. The number of hydrogen-bond donors (Lipinski definition) is 1. The second kappa shape index (κ2) is 5.23. The molecule has 1 N–H and O–H groups in total. The Hall–Kier alpha value is -1.49. The van der Waals surface area contributed by atoms with E-state index in [1.807, 2.05) is 30.3 Å². The third kappa shape index (κ3) is 3.00. The molecule has 2 rings (SSSR count). The third-order valence-corrected chi connectivity index (χ3v) is 3.06. The SMILES string of the molecule is [B]N1CCN(c2ccccc2)CC1CC(=O)O. The molecule has 1 aliphatic heterocycles. The van der Waals surface area contributed by atoms with E-state index in [1.54, 1.807) is 4.81 Å². The Morgan fingerprint density at radius 2 is 2.06 bits per heavy atom. The molecule has 0 bridgehead atoms. The minimum atomic E-state index is -0.805. The molecular weight excluding hydrogens is 215 g/mol. The molecule has 1 aliphatic rings. The van der Waals surface area contributed by atoms with E-state index in [4.69, 9.17) is 13.1 Å². The van der Waals surface area contributed by atoms with Crippen LogP contribution in [0.3, 0.4) is 0 Å². The Kier molecular flexibility index (Phi) is 3.69. The maximum atomic E-state index is 10.8. The summed E-state index contributed by atoms with van der Waals surface area (Å²) in [4.78, 5) is 14.6. The van der Waals surface area contributed by atoms with Crippen LogP contribution in [0.4, 0.5) is 5.69 Å². The molecule has 1 aromatic carbocycles. The van der Waals surface area contributed by atoms with Crippen LogP contribution in [0.2, 0.25) is 0 Å². The van der Waals surface area contributed by atoms with Gasteiger partial charge in [0.2, 0.25) is 0 Å². The van der Waals surface area contributed by atoms with Crippen LogP contribution in [0.5, 0.6) is 0 Å². The number of carboxylic acids is 1. The maximum Gasteiger partial charge on any atom is 0.304 e. The Morgan fingerprint density at radius 3 is 2.71 bits per heavy atom. The van der Waals surface area contributed by atoms with Crippen molar-refractivity contribution in [2.24, 2.45) is 0 Å². The van der Waals surface area contributed by atoms with Gasteiger partial charge in [-0.05, 0) is 12.1 Å². The molecule has 0 aliphatic carbocycles. The predicted octanol–water partition coefficient (Wildman–Crippen LogP) is 0.735. The van der Waals surface area contributed by atoms with Crippen molar-refractivity contribution in [2.45, 2.75) is 12.5 Å². The summed E-state index contributed by atoms with van der Waals surface area (Å²) in [5.41, 5.74) is 1.12. The smallest absolute Gasteiger partial charge is 0.304 e. The predicted molar refractivity (Wildman–Crippen MR) is 67.2 cm³/mol. The summed E-state index contributed by atoms with van der Waals surface area (Å²) in [7, 11) is 5.81. The fourth-order valence-corrected chi connectivity index (χ4v) is 2.13. The minimum absolute atomic E-state index is 0.0832. The number of carbonyl (C=O) groups is 1. The van der Waals surface area contributed by atoms with E-state index in [9.17, 15) is 4.79 Å². The van der Waals surface area contributed by atoms with Crippen molar-refractivity contribution in [3.63, 3.8) is 0 Å². The van der Waals surface area contributed by atoms with Crippen LogP contribution < -0.4 is 4.90 Å². The van der Waals surface area contributed by atoms with E-state index in [0.29, 0.717) is 13.1 Å². The lowest BCUT2D eigenvalue weighted by molar-refractivity contribution is -0.138. The number of rotatable bonds is 3. The highest BCUT2D eigenvalue weighted by Gasteiger charge is 2.25. The Labute approximate surface area is 102 Å². The standard InChI is InChI=1S/C12H15BN2O2/c13-15-7-6-14(9-11(15)8-12(16)17)10-4-2-1-3-5-10/h1-5,11H,6-9H2,(H,16,17). The number of benzene rings is 1. The van der Waals surface area contributed by atoms with Crippen molar-refractivity contribution < 1.29 is 9.90 Å². The van der Waals surface area contributed by atoms with Crippen LogP contribution in [0, 0.1) is 0 Å². The highest BCUT2D eigenvalue weighted by Crippen LogP contribution is 2.19. The molecule has 2 radical (unpaired) electrons. The Balaban J connectivity index is 2.05. The Bertz CT molecular complexity index is 385. The lowest BCUT2D eigenvalue weighted by Gasteiger charge is -2.40. The summed E-state index contributed by atoms with van der Waals surface area (Å²) >= 11 is 0. The van der Waals surface area contributed by atoms with Crippen LogP contribution in [0.1, 0.15) is 6.42 Å². The summed E-state index contributed by atoms with van der Waals surface area (Å²) in [6, 6.07) is 9.87. The van der Waals surface area contributed by atoms with Gasteiger partial charge in [0.05, 0.1) is 6.42 Å². The van der Waals surface area contributed by atoms with Gasteiger partial charge in [-0.25, -0.2) is 0 Å². The zero-order chi connectivity index (χ0) is 12.3. The fraction of sp³-hybridized carbons (Fsp3) is 0.417. The first-order valence-corrected chi connectivity index (χ1v) is 5.70. The average Bonchev–Trinajstić information content (AvgIpc) is 2.32. The zero-order valence-corrected chi connectivity index (χ0v) is 9.62. The first-order valence-electron chi connectivity index (χ1n) is 5.70. The van der Waals surface area contributed by atoms with E-state index < -0.39 is 5.97 Å². The van der Waals surface area contributed by atoms with E-state index in [2.05, 4.69) is 4.90 Å². The number of anilines is 1. The topological polar surface area (TPSA) is 43.8 Å². The van der Waals surface area contributed by atoms with Gasteiger partial charge >= 0.3 is 5.97 Å². The van der Waals surface area contributed by atoms with Crippen LogP contribution in [0.15, 0.2) is 30.3 Å². The van der Waals surface area contributed by atoms with Gasteiger partial charge in [0.25, 0.3) is 0 Å². The van der Waals surface area contributed by atoms with Gasteiger partial charge in [-0.15, -0.1) is 0 Å². The summed E-state index contributed by atoms with van der Waals surface area (Å²) in [5, 5.41) is 8.84. The van der Waals surface area contributed by atoms with Crippen LogP contribution in [-0.2, 0) is 4.79 Å². The fourth-order valence-electron chi connectivity index (χ4n) is 2.13. The molecule has 1 unspecified atom stereocenters. The third-order valence-electron chi connectivity index (χ3n) is 3.06. The van der Waals surface area contributed by atoms with Crippen LogP contribution in [-0.4, -0.2) is 49.5 Å². The molecule has 1 aromatic rings. The summed E-state index contributed by atoms with van der Waals surface area (Å²) in [6.45, 7) is 2.18. The van der Waals surface area contributed by atoms with Crippen molar-refractivity contribution >= 4 is 19.6 Å². The number of para-hydroxylation sites is 1. The van der Waals surface area contributed by atoms with E-state index in [-0.39, 0.29) is 12.5 Å². The molecule has 0 saturated carbocycles. The number of piperazine rings is 1. The number of hydrogen-bond acceptors (Lipinski definition) is 3. The maximum absolute atomic E-state index is 10.8. The van der Waals surface area contributed by atoms with Gasteiger partial charge in [-0.2, -0.15) is 0 Å². The summed E-state index contributed by atoms with van der Waals surface area (Å²) in [6.07, 6.45) is 0.0832. The van der Waals surface area contributed by atoms with Crippen LogP contribution >= 0.6 is 0 Å². The molecule has 1 heterocycles. The molecule has 0 amide bonds. The van der Waals surface area contributed by atoms with Crippen molar-refractivity contribution in [3.05, 3.63) is 30.3 Å². The number of carboxylic acid groups (broad SMARTS) is 1. The summed E-state index contributed by atoms with van der Waals surface area (Å²) < 4.78 is 0. The zero-order valence-electron chi connectivity index (χ0n) is 9.62. The lowest BCUT2D eigenvalue weighted by atomic mass is 10.0. The lowest BCUT2D eigenvalue weighted by Crippen LogP contribution is -2.52. The molecule has 1 fully saturated rings. The van der Waals surface area contributed by atoms with Gasteiger partial charge in [-0.1, -0.05) is 18.2 Å². The first kappa shape index (κ1) is 12.0. The largest absolute Gasteiger partial charge is 0.481 e.